The molecule has 168 valence electrons. The molecule has 1 saturated heterocycles. The van der Waals surface area contributed by atoms with Crippen molar-refractivity contribution in [2.45, 2.75) is 43.9 Å². The molecule has 1 fully saturated rings. The van der Waals surface area contributed by atoms with Crippen molar-refractivity contribution in [1.82, 2.24) is 9.29 Å². The fraction of sp³-hybridized carbons (Fsp3) is 0.333. The van der Waals surface area contributed by atoms with Crippen LogP contribution in [0, 0.1) is 0 Å². The van der Waals surface area contributed by atoms with Crippen LogP contribution in [0.4, 0.5) is 5.13 Å². The summed E-state index contributed by atoms with van der Waals surface area (Å²) in [4.78, 5) is 17.4. The third-order valence-corrected chi connectivity index (χ3v) is 8.22. The number of carbonyl (C=O) groups excluding carboxylic acids is 1. The molecule has 0 radical (unpaired) electrons. The van der Waals surface area contributed by atoms with Gasteiger partial charge in [-0.3, -0.25) is 10.1 Å². The van der Waals surface area contributed by atoms with E-state index in [1.165, 1.54) is 33.3 Å². The van der Waals surface area contributed by atoms with Crippen LogP contribution in [-0.4, -0.2) is 36.7 Å². The number of thiazole rings is 1. The molecule has 2 aromatic carbocycles. The number of rotatable bonds is 5. The quantitative estimate of drug-likeness (QED) is 0.561. The van der Waals surface area contributed by atoms with E-state index in [4.69, 9.17) is 0 Å². The number of benzene rings is 2. The number of aromatic nitrogens is 1. The molecule has 0 atom stereocenters. The lowest BCUT2D eigenvalue weighted by atomic mass is 9.86. The van der Waals surface area contributed by atoms with Crippen LogP contribution in [0.25, 0.3) is 11.3 Å². The molecule has 6 nitrogen and oxygen atoms in total. The fourth-order valence-electron chi connectivity index (χ4n) is 3.65. The second-order valence-electron chi connectivity index (χ2n) is 8.96. The van der Waals surface area contributed by atoms with Gasteiger partial charge in [-0.25, -0.2) is 13.4 Å². The standard InChI is InChI=1S/C24H27N3O3S2/c1-24(2,3)19-11-9-17(10-12-19)21-16-31-23(25-21)26-22(28)18-7-6-8-20(15-18)32(29,30)27-13-4-5-14-27/h6-12,15-16H,4-5,13-14H2,1-3H3,(H,25,26,28). The van der Waals surface area contributed by atoms with Gasteiger partial charge < -0.3 is 0 Å². The largest absolute Gasteiger partial charge is 0.298 e. The highest BCUT2D eigenvalue weighted by molar-refractivity contribution is 7.89. The number of sulfonamides is 1. The average Bonchev–Trinajstić information content (AvgIpc) is 3.46. The zero-order valence-corrected chi connectivity index (χ0v) is 20.1. The summed E-state index contributed by atoms with van der Waals surface area (Å²) in [6, 6.07) is 14.4. The molecular formula is C24H27N3O3S2. The van der Waals surface area contributed by atoms with E-state index in [1.54, 1.807) is 12.1 Å². The van der Waals surface area contributed by atoms with Crippen LogP contribution >= 0.6 is 11.3 Å². The van der Waals surface area contributed by atoms with E-state index in [0.717, 1.165) is 24.1 Å². The van der Waals surface area contributed by atoms with Crippen molar-refractivity contribution >= 4 is 32.4 Å². The smallest absolute Gasteiger partial charge is 0.257 e. The fourth-order valence-corrected chi connectivity index (χ4v) is 5.93. The maximum Gasteiger partial charge on any atom is 0.257 e. The molecular weight excluding hydrogens is 442 g/mol. The summed E-state index contributed by atoms with van der Waals surface area (Å²) < 4.78 is 27.1. The average molecular weight is 470 g/mol. The van der Waals surface area contributed by atoms with Crippen molar-refractivity contribution < 1.29 is 13.2 Å². The van der Waals surface area contributed by atoms with Gasteiger partial charge in [0.15, 0.2) is 5.13 Å². The van der Waals surface area contributed by atoms with Gasteiger partial charge in [-0.15, -0.1) is 11.3 Å². The molecule has 3 aromatic rings. The number of nitrogens with zero attached hydrogens (tertiary/aromatic N) is 2. The molecule has 2 heterocycles. The molecule has 1 N–H and O–H groups in total. The zero-order valence-electron chi connectivity index (χ0n) is 18.5. The number of anilines is 1. The van der Waals surface area contributed by atoms with Gasteiger partial charge in [-0.1, -0.05) is 51.1 Å². The monoisotopic (exact) mass is 469 g/mol. The summed E-state index contributed by atoms with van der Waals surface area (Å²) in [6.07, 6.45) is 1.73. The number of hydrogen-bond donors (Lipinski definition) is 1. The van der Waals surface area contributed by atoms with Crippen LogP contribution in [0.2, 0.25) is 0 Å². The predicted octanol–water partition coefficient (Wildman–Crippen LogP) is 5.14. The SMILES string of the molecule is CC(C)(C)c1ccc(-c2csc(NC(=O)c3cccc(S(=O)(=O)N4CCCC4)c3)n2)cc1. The topological polar surface area (TPSA) is 79.4 Å². The maximum atomic E-state index is 12.8. The molecule has 1 amide bonds. The van der Waals surface area contributed by atoms with Gasteiger partial charge in [-0.2, -0.15) is 4.31 Å². The van der Waals surface area contributed by atoms with Gasteiger partial charge in [0, 0.05) is 29.6 Å². The Morgan fingerprint density at radius 3 is 2.41 bits per heavy atom. The molecule has 0 spiro atoms. The van der Waals surface area contributed by atoms with Gasteiger partial charge in [0.25, 0.3) is 5.91 Å². The summed E-state index contributed by atoms with van der Waals surface area (Å²) in [5, 5.41) is 5.16. The first-order valence-corrected chi connectivity index (χ1v) is 12.9. The second-order valence-corrected chi connectivity index (χ2v) is 11.8. The summed E-state index contributed by atoms with van der Waals surface area (Å²) in [5.74, 6) is -0.382. The normalized spacial score (nSPS) is 15.1. The van der Waals surface area contributed by atoms with Crippen LogP contribution in [0.3, 0.4) is 0 Å². The first-order chi connectivity index (χ1) is 15.1. The minimum absolute atomic E-state index is 0.0799. The van der Waals surface area contributed by atoms with Crippen LogP contribution in [0.15, 0.2) is 58.8 Å². The van der Waals surface area contributed by atoms with Gasteiger partial charge in [0.2, 0.25) is 10.0 Å². The van der Waals surface area contributed by atoms with Gasteiger partial charge in [0.05, 0.1) is 10.6 Å². The minimum atomic E-state index is -3.57. The number of hydrogen-bond acceptors (Lipinski definition) is 5. The van der Waals surface area contributed by atoms with Crippen molar-refractivity contribution in [3.63, 3.8) is 0 Å². The van der Waals surface area contributed by atoms with Crippen molar-refractivity contribution in [2.75, 3.05) is 18.4 Å². The Kier molecular flexibility index (Phi) is 6.20. The maximum absolute atomic E-state index is 12.8. The Balaban J connectivity index is 1.49. The molecule has 0 unspecified atom stereocenters. The molecule has 0 aliphatic carbocycles. The van der Waals surface area contributed by atoms with Crippen LogP contribution in [-0.2, 0) is 15.4 Å². The highest BCUT2D eigenvalue weighted by atomic mass is 32.2. The van der Waals surface area contributed by atoms with E-state index < -0.39 is 10.0 Å². The Morgan fingerprint density at radius 2 is 1.75 bits per heavy atom. The molecule has 4 rings (SSSR count). The number of amides is 1. The zero-order chi connectivity index (χ0) is 22.9. The first-order valence-electron chi connectivity index (χ1n) is 10.6. The first kappa shape index (κ1) is 22.6. The summed E-state index contributed by atoms with van der Waals surface area (Å²) >= 11 is 1.34. The van der Waals surface area contributed by atoms with Gasteiger partial charge in [0.1, 0.15) is 0 Å². The molecule has 8 heteroatoms. The lowest BCUT2D eigenvalue weighted by molar-refractivity contribution is 0.102. The lowest BCUT2D eigenvalue weighted by Gasteiger charge is -2.18. The van der Waals surface area contributed by atoms with E-state index in [9.17, 15) is 13.2 Å². The van der Waals surface area contributed by atoms with Crippen LogP contribution < -0.4 is 5.32 Å². The van der Waals surface area contributed by atoms with E-state index in [0.29, 0.717) is 18.2 Å². The minimum Gasteiger partial charge on any atom is -0.298 e. The van der Waals surface area contributed by atoms with E-state index >= 15 is 0 Å². The number of nitrogens with one attached hydrogen (secondary N) is 1. The second kappa shape index (κ2) is 8.77. The summed E-state index contributed by atoms with van der Waals surface area (Å²) in [7, 11) is -3.57. The highest BCUT2D eigenvalue weighted by Crippen LogP contribution is 2.29. The Bertz CT molecular complexity index is 1220. The molecule has 1 aliphatic rings. The summed E-state index contributed by atoms with van der Waals surface area (Å²) in [5.41, 5.74) is 3.38. The van der Waals surface area contributed by atoms with Crippen molar-refractivity contribution in [2.24, 2.45) is 0 Å². The van der Waals surface area contributed by atoms with Gasteiger partial charge >= 0.3 is 0 Å². The van der Waals surface area contributed by atoms with Crippen LogP contribution in [0.1, 0.15) is 49.5 Å². The molecule has 0 bridgehead atoms. The summed E-state index contributed by atoms with van der Waals surface area (Å²) in [6.45, 7) is 7.56. The third kappa shape index (κ3) is 4.77. The Morgan fingerprint density at radius 1 is 1.06 bits per heavy atom. The van der Waals surface area contributed by atoms with E-state index in [-0.39, 0.29) is 21.8 Å². The van der Waals surface area contributed by atoms with Crippen molar-refractivity contribution in [3.8, 4) is 11.3 Å². The lowest BCUT2D eigenvalue weighted by Crippen LogP contribution is -2.28. The Labute approximate surface area is 193 Å². The molecule has 0 saturated carbocycles. The molecule has 1 aliphatic heterocycles. The van der Waals surface area contributed by atoms with E-state index in [1.807, 2.05) is 17.5 Å². The molecule has 32 heavy (non-hydrogen) atoms. The van der Waals surface area contributed by atoms with Crippen LogP contribution in [0.5, 0.6) is 0 Å². The number of carbonyl (C=O) groups is 1. The highest BCUT2D eigenvalue weighted by Gasteiger charge is 2.27. The Hall–Kier alpha value is -2.55. The van der Waals surface area contributed by atoms with Crippen molar-refractivity contribution in [3.05, 3.63) is 65.0 Å². The van der Waals surface area contributed by atoms with E-state index in [2.05, 4.69) is 43.2 Å². The van der Waals surface area contributed by atoms with Gasteiger partial charge in [-0.05, 0) is 42.0 Å². The predicted molar refractivity (Wildman–Crippen MR) is 129 cm³/mol. The van der Waals surface area contributed by atoms with Crippen molar-refractivity contribution in [1.29, 1.82) is 0 Å². The third-order valence-electron chi connectivity index (χ3n) is 5.57. The molecule has 1 aromatic heterocycles.